The van der Waals surface area contributed by atoms with Crippen molar-refractivity contribution in [2.24, 2.45) is 16.7 Å². The SMILES string of the molecule is CC1CC(OCC(C)(C)C2(C)CC(F)(F)C2)C1. The Hall–Kier alpha value is -0.180. The van der Waals surface area contributed by atoms with Gasteiger partial charge >= 0.3 is 0 Å². The lowest BCUT2D eigenvalue weighted by Gasteiger charge is -2.55. The van der Waals surface area contributed by atoms with Crippen molar-refractivity contribution in [1.29, 1.82) is 0 Å². The van der Waals surface area contributed by atoms with Crippen LogP contribution in [0.4, 0.5) is 8.78 Å². The summed E-state index contributed by atoms with van der Waals surface area (Å²) in [5.74, 6) is -1.68. The number of halogens is 2. The smallest absolute Gasteiger partial charge is 0.249 e. The second-order valence-electron chi connectivity index (χ2n) is 7.16. The fourth-order valence-electron chi connectivity index (χ4n) is 3.03. The third-order valence-electron chi connectivity index (χ3n) is 4.94. The molecule has 0 unspecified atom stereocenters. The molecule has 1 nitrogen and oxygen atoms in total. The molecule has 0 N–H and O–H groups in total. The molecule has 2 saturated carbocycles. The summed E-state index contributed by atoms with van der Waals surface area (Å²) in [7, 11) is 0. The minimum atomic E-state index is -2.45. The predicted octanol–water partition coefficient (Wildman–Crippen LogP) is 4.26. The normalized spacial score (nSPS) is 34.9. The minimum Gasteiger partial charge on any atom is -0.378 e. The Balaban J connectivity index is 1.82. The number of hydrogen-bond donors (Lipinski definition) is 0. The standard InChI is InChI=1S/C14H24F2O/c1-10-5-11(6-10)17-9-12(2,3)13(4)7-14(15,16)8-13/h10-11H,5-9H2,1-4H3. The van der Waals surface area contributed by atoms with Crippen molar-refractivity contribution in [1.82, 2.24) is 0 Å². The van der Waals surface area contributed by atoms with Crippen LogP contribution in [0.1, 0.15) is 53.4 Å². The molecular weight excluding hydrogens is 222 g/mol. The van der Waals surface area contributed by atoms with Gasteiger partial charge in [0.15, 0.2) is 0 Å². The van der Waals surface area contributed by atoms with Gasteiger partial charge < -0.3 is 4.74 Å². The summed E-state index contributed by atoms with van der Waals surface area (Å²) >= 11 is 0. The first-order chi connectivity index (χ1) is 7.64. The summed E-state index contributed by atoms with van der Waals surface area (Å²) in [6, 6.07) is 0. The summed E-state index contributed by atoms with van der Waals surface area (Å²) in [5, 5.41) is 0. The zero-order valence-corrected chi connectivity index (χ0v) is 11.4. The molecule has 0 radical (unpaired) electrons. The molecule has 3 heteroatoms. The maximum absolute atomic E-state index is 13.1. The molecule has 2 aliphatic rings. The largest absolute Gasteiger partial charge is 0.378 e. The number of hydrogen-bond acceptors (Lipinski definition) is 1. The van der Waals surface area contributed by atoms with E-state index >= 15 is 0 Å². The van der Waals surface area contributed by atoms with Crippen LogP contribution in [0.3, 0.4) is 0 Å². The highest BCUT2D eigenvalue weighted by atomic mass is 19.3. The van der Waals surface area contributed by atoms with Crippen molar-refractivity contribution in [3.8, 4) is 0 Å². The molecule has 2 fully saturated rings. The van der Waals surface area contributed by atoms with Crippen molar-refractivity contribution in [3.63, 3.8) is 0 Å². The van der Waals surface area contributed by atoms with E-state index in [9.17, 15) is 8.78 Å². The molecule has 17 heavy (non-hydrogen) atoms. The topological polar surface area (TPSA) is 9.23 Å². The Labute approximate surface area is 103 Å². The van der Waals surface area contributed by atoms with Gasteiger partial charge in [-0.05, 0) is 29.6 Å². The zero-order valence-electron chi connectivity index (χ0n) is 11.4. The van der Waals surface area contributed by atoms with Crippen LogP contribution in [0, 0.1) is 16.7 Å². The average Bonchev–Trinajstić information content (AvgIpc) is 2.07. The highest BCUT2D eigenvalue weighted by Crippen LogP contribution is 2.60. The molecule has 0 aromatic carbocycles. The van der Waals surface area contributed by atoms with Crippen molar-refractivity contribution in [3.05, 3.63) is 0 Å². The first-order valence-electron chi connectivity index (χ1n) is 6.63. The second-order valence-corrected chi connectivity index (χ2v) is 7.16. The average molecular weight is 246 g/mol. The van der Waals surface area contributed by atoms with E-state index in [1.165, 1.54) is 0 Å². The molecule has 0 aromatic heterocycles. The van der Waals surface area contributed by atoms with Gasteiger partial charge in [-0.2, -0.15) is 0 Å². The molecule has 0 saturated heterocycles. The Bertz CT molecular complexity index is 285. The fourth-order valence-corrected chi connectivity index (χ4v) is 3.03. The Kier molecular flexibility index (Phi) is 3.05. The predicted molar refractivity (Wildman–Crippen MR) is 64.2 cm³/mol. The third kappa shape index (κ3) is 2.49. The molecule has 0 atom stereocenters. The van der Waals surface area contributed by atoms with Crippen LogP contribution < -0.4 is 0 Å². The molecule has 2 rings (SSSR count). The molecule has 0 aliphatic heterocycles. The van der Waals surface area contributed by atoms with E-state index in [0.29, 0.717) is 12.7 Å². The van der Waals surface area contributed by atoms with E-state index in [0.717, 1.165) is 18.8 Å². The minimum absolute atomic E-state index is 0.0113. The lowest BCUT2D eigenvalue weighted by Crippen LogP contribution is -2.54. The van der Waals surface area contributed by atoms with E-state index in [1.807, 2.05) is 6.92 Å². The van der Waals surface area contributed by atoms with Gasteiger partial charge in [0.2, 0.25) is 5.92 Å². The lowest BCUT2D eigenvalue weighted by atomic mass is 9.54. The summed E-state index contributed by atoms with van der Waals surface area (Å²) in [6.07, 6.45) is 2.65. The van der Waals surface area contributed by atoms with E-state index in [1.54, 1.807) is 0 Å². The molecule has 0 heterocycles. The van der Waals surface area contributed by atoms with Crippen LogP contribution >= 0.6 is 0 Å². The van der Waals surface area contributed by atoms with Crippen LogP contribution in [-0.2, 0) is 4.74 Å². The number of rotatable bonds is 4. The van der Waals surface area contributed by atoms with Crippen molar-refractivity contribution in [2.75, 3.05) is 6.61 Å². The van der Waals surface area contributed by atoms with Crippen molar-refractivity contribution >= 4 is 0 Å². The van der Waals surface area contributed by atoms with Gasteiger partial charge in [-0.3, -0.25) is 0 Å². The first-order valence-corrected chi connectivity index (χ1v) is 6.63. The van der Waals surface area contributed by atoms with Crippen LogP contribution in [0.25, 0.3) is 0 Å². The lowest BCUT2D eigenvalue weighted by molar-refractivity contribution is -0.212. The Morgan fingerprint density at radius 1 is 1.24 bits per heavy atom. The molecule has 2 aliphatic carbocycles. The van der Waals surface area contributed by atoms with Crippen molar-refractivity contribution in [2.45, 2.75) is 65.4 Å². The van der Waals surface area contributed by atoms with Crippen LogP contribution in [0.5, 0.6) is 0 Å². The molecule has 0 aromatic rings. The molecular formula is C14H24F2O. The highest BCUT2D eigenvalue weighted by Gasteiger charge is 2.60. The fraction of sp³-hybridized carbons (Fsp3) is 1.00. The maximum atomic E-state index is 13.1. The van der Waals surface area contributed by atoms with Crippen molar-refractivity contribution < 1.29 is 13.5 Å². The summed E-state index contributed by atoms with van der Waals surface area (Å²) in [6.45, 7) is 8.92. The summed E-state index contributed by atoms with van der Waals surface area (Å²) in [5.41, 5.74) is -0.431. The maximum Gasteiger partial charge on any atom is 0.249 e. The van der Waals surface area contributed by atoms with E-state index in [-0.39, 0.29) is 23.7 Å². The van der Waals surface area contributed by atoms with Gasteiger partial charge in [-0.1, -0.05) is 27.7 Å². The van der Waals surface area contributed by atoms with E-state index < -0.39 is 5.92 Å². The van der Waals surface area contributed by atoms with Gasteiger partial charge in [-0.25, -0.2) is 8.78 Å². The van der Waals surface area contributed by atoms with Crippen LogP contribution in [0.15, 0.2) is 0 Å². The van der Waals surface area contributed by atoms with Gasteiger partial charge in [0, 0.05) is 12.8 Å². The van der Waals surface area contributed by atoms with Gasteiger partial charge in [0.25, 0.3) is 0 Å². The van der Waals surface area contributed by atoms with E-state index in [2.05, 4.69) is 20.8 Å². The molecule has 0 amide bonds. The molecule has 0 bridgehead atoms. The van der Waals surface area contributed by atoms with Crippen LogP contribution in [0.2, 0.25) is 0 Å². The van der Waals surface area contributed by atoms with Gasteiger partial charge in [0.05, 0.1) is 12.7 Å². The van der Waals surface area contributed by atoms with Gasteiger partial charge in [-0.15, -0.1) is 0 Å². The molecule has 100 valence electrons. The van der Waals surface area contributed by atoms with Gasteiger partial charge in [0.1, 0.15) is 0 Å². The molecule has 0 spiro atoms. The monoisotopic (exact) mass is 246 g/mol. The number of ether oxygens (including phenoxy) is 1. The summed E-state index contributed by atoms with van der Waals surface area (Å²) in [4.78, 5) is 0. The first kappa shape index (κ1) is 13.3. The number of alkyl halides is 2. The van der Waals surface area contributed by atoms with E-state index in [4.69, 9.17) is 4.74 Å². The third-order valence-corrected chi connectivity index (χ3v) is 4.94. The quantitative estimate of drug-likeness (QED) is 0.720. The Morgan fingerprint density at radius 2 is 1.76 bits per heavy atom. The highest BCUT2D eigenvalue weighted by molar-refractivity contribution is 5.03. The Morgan fingerprint density at radius 3 is 2.18 bits per heavy atom. The van der Waals surface area contributed by atoms with Crippen LogP contribution in [-0.4, -0.2) is 18.6 Å². The zero-order chi connectivity index (χ0) is 12.9. The summed E-state index contributed by atoms with van der Waals surface area (Å²) < 4.78 is 32.0. The second kappa shape index (κ2) is 3.91.